The Morgan fingerprint density at radius 2 is 1.52 bits per heavy atom. The SMILES string of the molecule is CC[C@]12C=CCN3CC[C@@]4(c5ccc(OC)cc5N(C)[C@H]4[C@@](O)(C(=O)OC)[C@@H]1OC(=O)CCC(=O)OC1C[C@@]4(O)[C@@H](OC(=O)c5ccccc5)[C@@H]5[C@]6(OC(C)=O)CO[C@@H]6C[C@H](O[Si](CC)(CC)CC)[C@@]5(C)C(=O)[C@H](OC(C)=O)C(=C1C)C4(C)C)[C@@H]32. The molecule has 20 nitrogen and oxygen atoms in total. The first-order valence-electron chi connectivity index (χ1n) is 30.1. The third kappa shape index (κ3) is 8.91. The third-order valence-corrected chi connectivity index (χ3v) is 26.5. The minimum absolute atomic E-state index is 0.0651. The molecule has 2 saturated heterocycles. The van der Waals surface area contributed by atoms with Gasteiger partial charge in [0.2, 0.25) is 5.60 Å². The minimum atomic E-state index is -2.67. The summed E-state index contributed by atoms with van der Waals surface area (Å²) in [6.07, 6.45) is -5.12. The topological polar surface area (TPSA) is 249 Å². The van der Waals surface area contributed by atoms with Crippen molar-refractivity contribution in [2.75, 3.05) is 45.9 Å². The van der Waals surface area contributed by atoms with E-state index in [1.165, 1.54) is 14.0 Å². The van der Waals surface area contributed by atoms with Gasteiger partial charge in [0.15, 0.2) is 31.9 Å². The van der Waals surface area contributed by atoms with Crippen molar-refractivity contribution in [3.05, 3.63) is 83.0 Å². The number of hydrogen-bond acceptors (Lipinski definition) is 20. The van der Waals surface area contributed by atoms with Crippen LogP contribution < -0.4 is 9.64 Å². The van der Waals surface area contributed by atoms with Crippen LogP contribution in [0, 0.1) is 22.2 Å². The summed E-state index contributed by atoms with van der Waals surface area (Å²) >= 11 is 0. The molecule has 8 aliphatic rings. The average Bonchev–Trinajstić information content (AvgIpc) is 1.64. The zero-order valence-electron chi connectivity index (χ0n) is 51.3. The predicted octanol–water partition coefficient (Wildman–Crippen LogP) is 6.65. The molecule has 1 spiro atoms. The van der Waals surface area contributed by atoms with Crippen molar-refractivity contribution >= 4 is 55.6 Å². The molecule has 0 radical (unpaired) electrons. The number of fused-ring (bicyclic) bond motifs is 6. The number of aliphatic hydroxyl groups is 2. The smallest absolute Gasteiger partial charge is 0.344 e. The van der Waals surface area contributed by atoms with Crippen LogP contribution in [0.3, 0.4) is 0 Å². The van der Waals surface area contributed by atoms with E-state index in [0.29, 0.717) is 49.8 Å². The highest BCUT2D eigenvalue weighted by Crippen LogP contribution is 2.69. The fraction of sp³-hybridized carbons (Fsp3) is 0.641. The largest absolute Gasteiger partial charge is 0.497 e. The lowest BCUT2D eigenvalue weighted by Crippen LogP contribution is -2.82. The molecule has 15 atom stereocenters. The molecule has 2 bridgehead atoms. The Labute approximate surface area is 498 Å². The summed E-state index contributed by atoms with van der Waals surface area (Å²) < 4.78 is 56.9. The summed E-state index contributed by atoms with van der Waals surface area (Å²) in [5.41, 5.74) is -9.86. The number of methoxy groups -OCH3 is 2. The Balaban J connectivity index is 1.04. The lowest BCUT2D eigenvalue weighted by atomic mass is 9.44. The van der Waals surface area contributed by atoms with Crippen molar-refractivity contribution in [3.8, 4) is 5.75 Å². The number of ketones is 1. The molecule has 2 N–H and O–H groups in total. The quantitative estimate of drug-likeness (QED) is 0.0728. The molecular weight excluding hydrogens is 1110 g/mol. The number of benzene rings is 2. The molecule has 462 valence electrons. The second kappa shape index (κ2) is 22.0. The fourth-order valence-corrected chi connectivity index (χ4v) is 20.5. The van der Waals surface area contributed by atoms with Crippen LogP contribution >= 0.6 is 0 Å². The van der Waals surface area contributed by atoms with E-state index in [-0.39, 0.29) is 35.8 Å². The maximum Gasteiger partial charge on any atom is 0.344 e. The summed E-state index contributed by atoms with van der Waals surface area (Å²) in [6.45, 7) is 17.9. The number of Topliss-reactive ketones (excluding diaryl/α,β-unsaturated/α-hetero) is 1. The highest BCUT2D eigenvalue weighted by molar-refractivity contribution is 6.73. The summed E-state index contributed by atoms with van der Waals surface area (Å²) in [5, 5.41) is 27.7. The van der Waals surface area contributed by atoms with Crippen LogP contribution in [0.2, 0.25) is 18.1 Å². The Bertz CT molecular complexity index is 3100. The monoisotopic (exact) mass is 1200 g/mol. The van der Waals surface area contributed by atoms with Crippen molar-refractivity contribution in [1.82, 2.24) is 4.90 Å². The molecule has 21 heteroatoms. The van der Waals surface area contributed by atoms with Gasteiger partial charge in [-0.25, -0.2) is 9.59 Å². The normalized spacial score (nSPS) is 36.6. The number of rotatable bonds is 17. The summed E-state index contributed by atoms with van der Waals surface area (Å²) in [5.74, 6) is -6.82. The van der Waals surface area contributed by atoms with Crippen LogP contribution in [-0.4, -0.2) is 172 Å². The van der Waals surface area contributed by atoms with Gasteiger partial charge in [-0.1, -0.05) is 78.0 Å². The highest BCUT2D eigenvalue weighted by Gasteiger charge is 2.82. The second-order valence-electron chi connectivity index (χ2n) is 25.7. The number of carbonyl (C=O) groups is 7. The Morgan fingerprint density at radius 3 is 2.11 bits per heavy atom. The Hall–Kier alpha value is -5.97. The van der Waals surface area contributed by atoms with Gasteiger partial charge in [-0.15, -0.1) is 0 Å². The second-order valence-corrected chi connectivity index (χ2v) is 30.4. The summed E-state index contributed by atoms with van der Waals surface area (Å²) in [6, 6.07) is 14.5. The van der Waals surface area contributed by atoms with Crippen LogP contribution in [0.25, 0.3) is 0 Å². The van der Waals surface area contributed by atoms with Crippen molar-refractivity contribution in [1.29, 1.82) is 0 Å². The van der Waals surface area contributed by atoms with E-state index in [1.807, 2.05) is 62.9 Å². The zero-order valence-corrected chi connectivity index (χ0v) is 52.3. The van der Waals surface area contributed by atoms with Crippen molar-refractivity contribution in [2.24, 2.45) is 22.2 Å². The molecule has 4 heterocycles. The van der Waals surface area contributed by atoms with Gasteiger partial charge in [-0.2, -0.15) is 0 Å². The van der Waals surface area contributed by atoms with Crippen LogP contribution in [0.15, 0.2) is 71.8 Å². The number of likely N-dealkylation sites (N-methyl/N-ethyl adjacent to an activating group) is 1. The number of anilines is 1. The van der Waals surface area contributed by atoms with Gasteiger partial charge in [-0.3, -0.25) is 28.9 Å². The molecule has 2 aromatic rings. The minimum Gasteiger partial charge on any atom is -0.497 e. The number of ether oxygens (including phenoxy) is 8. The predicted molar refractivity (Wildman–Crippen MR) is 309 cm³/mol. The Kier molecular flexibility index (Phi) is 16.1. The van der Waals surface area contributed by atoms with E-state index >= 15 is 4.79 Å². The lowest BCUT2D eigenvalue weighted by molar-refractivity contribution is -0.344. The zero-order chi connectivity index (χ0) is 61.8. The number of hydrogen-bond donors (Lipinski definition) is 2. The van der Waals surface area contributed by atoms with Gasteiger partial charge in [0.05, 0.1) is 62.7 Å². The molecule has 5 fully saturated rings. The van der Waals surface area contributed by atoms with E-state index in [0.717, 1.165) is 18.2 Å². The van der Waals surface area contributed by atoms with Crippen LogP contribution in [0.1, 0.15) is 124 Å². The number of esters is 6. The van der Waals surface area contributed by atoms with Crippen LogP contribution in [0.5, 0.6) is 5.75 Å². The molecule has 10 rings (SSSR count). The van der Waals surface area contributed by atoms with Gasteiger partial charge in [0.1, 0.15) is 29.7 Å². The standard InChI is InChI=1S/C64H84N2O18Si/c1-14-60-28-21-30-66-31-29-61(54(60)66)41-25-24-40(76-12)32-42(41)65(11)55(61)64(75,57(73)77-13)56(60)81-47(70)27-26-46(69)80-43-34-63(74)52(82-53(72)39-22-19-18-20-23-39)50-59(10,51(71)49(79-37(6)67)48(36(43)5)58(63,8)9)44(84-85(15-2,16-3)17-4)33-45-62(50,35-78-45)83-38(7)68/h18-25,28,32,43-45,49-50,52,54-56,74-75H,14-17,26-27,29-31,33-35H2,1-13H3/t43?,44-,45+,49+,50-,52-,54-,55+,56+,59+,60+,61+,62-,63+,64-/m0/s1. The molecule has 0 aromatic heterocycles. The maximum absolute atomic E-state index is 16.5. The molecule has 3 saturated carbocycles. The number of nitrogens with zero attached hydrogens (tertiary/aromatic N) is 2. The summed E-state index contributed by atoms with van der Waals surface area (Å²) in [7, 11) is 1.87. The molecule has 4 aliphatic heterocycles. The first kappa shape index (κ1) is 62.1. The van der Waals surface area contributed by atoms with Crippen LogP contribution in [-0.2, 0) is 71.8 Å². The summed E-state index contributed by atoms with van der Waals surface area (Å²) in [4.78, 5) is 107. The van der Waals surface area contributed by atoms with Gasteiger partial charge in [0.25, 0.3) is 0 Å². The van der Waals surface area contributed by atoms with E-state index in [4.69, 9.17) is 42.3 Å². The van der Waals surface area contributed by atoms with Crippen molar-refractivity contribution in [3.63, 3.8) is 0 Å². The van der Waals surface area contributed by atoms with E-state index in [1.54, 1.807) is 72.2 Å². The van der Waals surface area contributed by atoms with E-state index < -0.39 is 156 Å². The van der Waals surface area contributed by atoms with Gasteiger partial charge in [-0.05, 0) is 86.3 Å². The van der Waals surface area contributed by atoms with E-state index in [2.05, 4.69) is 4.90 Å². The highest BCUT2D eigenvalue weighted by atomic mass is 28.4. The van der Waals surface area contributed by atoms with Gasteiger partial charge < -0.3 is 57.4 Å². The molecule has 4 aliphatic carbocycles. The van der Waals surface area contributed by atoms with E-state index in [9.17, 15) is 39.0 Å². The van der Waals surface area contributed by atoms with Crippen molar-refractivity contribution < 1.29 is 86.1 Å². The Morgan fingerprint density at radius 1 is 0.847 bits per heavy atom. The molecule has 2 aromatic carbocycles. The number of carbonyl (C=O) groups excluding carboxylic acids is 7. The third-order valence-electron chi connectivity index (χ3n) is 21.9. The van der Waals surface area contributed by atoms with Gasteiger partial charge >= 0.3 is 35.8 Å². The first-order valence-corrected chi connectivity index (χ1v) is 32.6. The van der Waals surface area contributed by atoms with Crippen molar-refractivity contribution in [2.45, 2.75) is 197 Å². The molecule has 0 amide bonds. The fourth-order valence-electron chi connectivity index (χ4n) is 17.6. The average molecular weight is 1200 g/mol. The van der Waals surface area contributed by atoms with Gasteiger partial charge in [0, 0.05) is 74.3 Å². The molecule has 85 heavy (non-hydrogen) atoms. The molecular formula is C64H84N2O18Si. The molecule has 1 unspecified atom stereocenters. The maximum atomic E-state index is 16.5. The first-order chi connectivity index (χ1) is 40.2. The lowest BCUT2D eigenvalue weighted by Gasteiger charge is -2.68. The van der Waals surface area contributed by atoms with Crippen LogP contribution in [0.4, 0.5) is 5.69 Å².